The van der Waals surface area contributed by atoms with Crippen LogP contribution in [0.15, 0.2) is 47.6 Å². The van der Waals surface area contributed by atoms with Crippen LogP contribution in [0.25, 0.3) is 0 Å². The Bertz CT molecular complexity index is 1100. The van der Waals surface area contributed by atoms with Gasteiger partial charge in [0.15, 0.2) is 11.5 Å². The van der Waals surface area contributed by atoms with Crippen molar-refractivity contribution in [2.45, 2.75) is 32.4 Å². The Kier molecular flexibility index (Phi) is 9.73. The summed E-state index contributed by atoms with van der Waals surface area (Å²) >= 11 is 0. The van der Waals surface area contributed by atoms with E-state index in [2.05, 4.69) is 5.32 Å². The summed E-state index contributed by atoms with van der Waals surface area (Å²) in [5.74, 6) is 1.58. The van der Waals surface area contributed by atoms with E-state index in [-0.39, 0.29) is 37.1 Å². The first-order valence-corrected chi connectivity index (χ1v) is 12.1. The number of ether oxygens (including phenoxy) is 4. The van der Waals surface area contributed by atoms with Crippen LogP contribution in [-0.4, -0.2) is 81.7 Å². The molecule has 2 aromatic carbocycles. The van der Waals surface area contributed by atoms with Crippen LogP contribution in [0.4, 0.5) is 4.79 Å². The molecular weight excluding hydrogens is 476 g/mol. The van der Waals surface area contributed by atoms with E-state index in [0.29, 0.717) is 24.5 Å². The largest absolute Gasteiger partial charge is 0.497 e. The zero-order valence-corrected chi connectivity index (χ0v) is 22.3. The van der Waals surface area contributed by atoms with Crippen molar-refractivity contribution in [3.63, 3.8) is 0 Å². The molecule has 1 atom stereocenters. The average Bonchev–Trinajstić information content (AvgIpc) is 3.35. The molecule has 0 aromatic heterocycles. The van der Waals surface area contributed by atoms with Gasteiger partial charge >= 0.3 is 6.03 Å². The molecule has 37 heavy (non-hydrogen) atoms. The minimum absolute atomic E-state index is 0.0707. The summed E-state index contributed by atoms with van der Waals surface area (Å²) < 4.78 is 21.3. The van der Waals surface area contributed by atoms with Gasteiger partial charge in [-0.15, -0.1) is 0 Å². The van der Waals surface area contributed by atoms with Gasteiger partial charge in [0.1, 0.15) is 12.3 Å². The van der Waals surface area contributed by atoms with Crippen molar-refractivity contribution in [1.82, 2.24) is 15.2 Å². The van der Waals surface area contributed by atoms with Crippen LogP contribution < -0.4 is 19.5 Å². The molecule has 0 saturated carbocycles. The first-order chi connectivity index (χ1) is 17.8. The Hall–Kier alpha value is -3.79. The predicted octanol–water partition coefficient (Wildman–Crippen LogP) is 3.46. The zero-order valence-electron chi connectivity index (χ0n) is 22.3. The molecule has 200 valence electrons. The van der Waals surface area contributed by atoms with E-state index in [1.807, 2.05) is 56.3 Å². The lowest BCUT2D eigenvalue weighted by Gasteiger charge is -2.28. The molecule has 1 aliphatic heterocycles. The van der Waals surface area contributed by atoms with Gasteiger partial charge in [-0.05, 0) is 61.4 Å². The Labute approximate surface area is 218 Å². The Morgan fingerprint density at radius 2 is 1.73 bits per heavy atom. The highest BCUT2D eigenvalue weighted by atomic mass is 16.5. The third kappa shape index (κ3) is 6.91. The van der Waals surface area contributed by atoms with Crippen LogP contribution in [0.3, 0.4) is 0 Å². The second kappa shape index (κ2) is 13.0. The average molecular weight is 513 g/mol. The summed E-state index contributed by atoms with van der Waals surface area (Å²) in [7, 11) is 6.31. The maximum atomic E-state index is 13.6. The number of nitrogens with zero attached hydrogens (tertiary/aromatic N) is 3. The van der Waals surface area contributed by atoms with Gasteiger partial charge in [0.05, 0.1) is 39.7 Å². The lowest BCUT2D eigenvalue weighted by Crippen LogP contribution is -2.48. The molecule has 1 heterocycles. The van der Waals surface area contributed by atoms with Crippen molar-refractivity contribution in [2.75, 3.05) is 48.1 Å². The van der Waals surface area contributed by atoms with Crippen LogP contribution in [0, 0.1) is 0 Å². The highest BCUT2D eigenvalue weighted by molar-refractivity contribution is 6.03. The number of amides is 3. The third-order valence-electron chi connectivity index (χ3n) is 5.97. The summed E-state index contributed by atoms with van der Waals surface area (Å²) in [5.41, 5.74) is 2.48. The number of hydrogen-bond donors (Lipinski definition) is 1. The Morgan fingerprint density at radius 1 is 1.03 bits per heavy atom. The minimum atomic E-state index is -0.387. The molecule has 0 radical (unpaired) electrons. The fourth-order valence-electron chi connectivity index (χ4n) is 4.05. The van der Waals surface area contributed by atoms with E-state index < -0.39 is 0 Å². The molecule has 3 rings (SSSR count). The van der Waals surface area contributed by atoms with Crippen molar-refractivity contribution in [3.05, 3.63) is 53.6 Å². The van der Waals surface area contributed by atoms with Crippen molar-refractivity contribution < 1.29 is 28.5 Å². The van der Waals surface area contributed by atoms with Crippen LogP contribution >= 0.6 is 0 Å². The molecule has 0 aliphatic carbocycles. The smallest absolute Gasteiger partial charge is 0.318 e. The SMILES string of the molecule is COCCN(CC(=O)N1N=C(c2ccc(OC)cc2)C[C@@H]1c1ccc(OC)c(OC)c1)C(=O)NC(C)C. The van der Waals surface area contributed by atoms with E-state index in [4.69, 9.17) is 24.0 Å². The molecule has 10 nitrogen and oxygen atoms in total. The number of carbonyl (C=O) groups excluding carboxylic acids is 2. The number of rotatable bonds is 11. The number of methoxy groups -OCH3 is 4. The zero-order chi connectivity index (χ0) is 26.9. The summed E-state index contributed by atoms with van der Waals surface area (Å²) in [5, 5.41) is 9.03. The molecule has 1 N–H and O–H groups in total. The standard InChI is InChI=1S/C27H36N4O6/c1-18(2)28-27(33)30(13-14-34-3)17-26(32)31-23(20-9-12-24(36-5)25(15-20)37-6)16-22(29-31)19-7-10-21(35-4)11-8-19/h7-12,15,18,23H,13-14,16-17H2,1-6H3,(H,28,33)/t23-/m1/s1. The molecule has 2 aromatic rings. The molecule has 0 spiro atoms. The summed E-state index contributed by atoms with van der Waals surface area (Å²) in [4.78, 5) is 27.8. The second-order valence-corrected chi connectivity index (χ2v) is 8.87. The monoisotopic (exact) mass is 512 g/mol. The fraction of sp³-hybridized carbons (Fsp3) is 0.444. The molecule has 0 saturated heterocycles. The molecule has 0 unspecified atom stereocenters. The number of nitrogens with one attached hydrogen (secondary N) is 1. The molecule has 10 heteroatoms. The van der Waals surface area contributed by atoms with Gasteiger partial charge in [-0.1, -0.05) is 6.07 Å². The normalized spacial score (nSPS) is 14.8. The quantitative estimate of drug-likeness (QED) is 0.495. The summed E-state index contributed by atoms with van der Waals surface area (Å²) in [6.07, 6.45) is 0.490. The number of urea groups is 1. The first-order valence-electron chi connectivity index (χ1n) is 12.1. The summed E-state index contributed by atoms with van der Waals surface area (Å²) in [6, 6.07) is 12.3. The topological polar surface area (TPSA) is 102 Å². The van der Waals surface area contributed by atoms with Crippen LogP contribution in [-0.2, 0) is 9.53 Å². The van der Waals surface area contributed by atoms with Gasteiger partial charge in [0.2, 0.25) is 0 Å². The molecule has 0 fully saturated rings. The maximum Gasteiger partial charge on any atom is 0.318 e. The second-order valence-electron chi connectivity index (χ2n) is 8.87. The predicted molar refractivity (Wildman–Crippen MR) is 140 cm³/mol. The lowest BCUT2D eigenvalue weighted by atomic mass is 9.98. The van der Waals surface area contributed by atoms with Gasteiger partial charge in [0.25, 0.3) is 5.91 Å². The number of carbonyl (C=O) groups is 2. The lowest BCUT2D eigenvalue weighted by molar-refractivity contribution is -0.133. The fourth-order valence-corrected chi connectivity index (χ4v) is 4.05. The van der Waals surface area contributed by atoms with Gasteiger partial charge < -0.3 is 29.2 Å². The highest BCUT2D eigenvalue weighted by Gasteiger charge is 2.35. The maximum absolute atomic E-state index is 13.6. The van der Waals surface area contributed by atoms with E-state index in [0.717, 1.165) is 22.6 Å². The molecular formula is C27H36N4O6. The Balaban J connectivity index is 1.94. The summed E-state index contributed by atoms with van der Waals surface area (Å²) in [6.45, 7) is 4.16. The number of hydrogen-bond acceptors (Lipinski definition) is 7. The first kappa shape index (κ1) is 27.8. The van der Waals surface area contributed by atoms with E-state index in [1.54, 1.807) is 28.4 Å². The number of benzene rings is 2. The van der Waals surface area contributed by atoms with Crippen LogP contribution in [0.2, 0.25) is 0 Å². The van der Waals surface area contributed by atoms with E-state index in [1.165, 1.54) is 9.91 Å². The minimum Gasteiger partial charge on any atom is -0.497 e. The third-order valence-corrected chi connectivity index (χ3v) is 5.97. The van der Waals surface area contributed by atoms with Crippen molar-refractivity contribution in [3.8, 4) is 17.2 Å². The Morgan fingerprint density at radius 3 is 2.32 bits per heavy atom. The van der Waals surface area contributed by atoms with Gasteiger partial charge in [-0.25, -0.2) is 9.80 Å². The van der Waals surface area contributed by atoms with Crippen LogP contribution in [0.1, 0.15) is 37.4 Å². The van der Waals surface area contributed by atoms with Gasteiger partial charge in [-0.2, -0.15) is 5.10 Å². The molecule has 3 amide bonds. The molecule has 1 aliphatic rings. The van der Waals surface area contributed by atoms with Crippen molar-refractivity contribution in [2.24, 2.45) is 5.10 Å². The highest BCUT2D eigenvalue weighted by Crippen LogP contribution is 2.37. The molecule has 0 bridgehead atoms. The van der Waals surface area contributed by atoms with E-state index in [9.17, 15) is 9.59 Å². The number of hydrazone groups is 1. The van der Waals surface area contributed by atoms with Crippen molar-refractivity contribution >= 4 is 17.6 Å². The van der Waals surface area contributed by atoms with Gasteiger partial charge in [0, 0.05) is 26.1 Å². The van der Waals surface area contributed by atoms with Crippen LogP contribution in [0.5, 0.6) is 17.2 Å². The van der Waals surface area contributed by atoms with Gasteiger partial charge in [-0.3, -0.25) is 4.79 Å². The van der Waals surface area contributed by atoms with E-state index >= 15 is 0 Å². The van der Waals surface area contributed by atoms with Crippen molar-refractivity contribution in [1.29, 1.82) is 0 Å².